The van der Waals surface area contributed by atoms with Gasteiger partial charge in [0.2, 0.25) is 5.91 Å². The van der Waals surface area contributed by atoms with Gasteiger partial charge in [0.15, 0.2) is 11.6 Å². The first-order chi connectivity index (χ1) is 12.0. The van der Waals surface area contributed by atoms with E-state index in [0.717, 1.165) is 32.1 Å². The summed E-state index contributed by atoms with van der Waals surface area (Å²) in [7, 11) is 0. The van der Waals surface area contributed by atoms with Crippen molar-refractivity contribution in [2.75, 3.05) is 5.32 Å². The Labute approximate surface area is 146 Å². The van der Waals surface area contributed by atoms with Crippen LogP contribution in [0.2, 0.25) is 0 Å². The molecule has 0 radical (unpaired) electrons. The van der Waals surface area contributed by atoms with Crippen molar-refractivity contribution in [1.82, 2.24) is 0 Å². The molecule has 6 heteroatoms. The topological polar surface area (TPSA) is 75.6 Å². The lowest BCUT2D eigenvalue weighted by atomic mass is 9.81. The molecule has 2 aliphatic rings. The van der Waals surface area contributed by atoms with Gasteiger partial charge in [-0.1, -0.05) is 6.42 Å². The molecule has 2 saturated carbocycles. The first-order valence-corrected chi connectivity index (χ1v) is 9.03. The zero-order valence-corrected chi connectivity index (χ0v) is 14.2. The van der Waals surface area contributed by atoms with Crippen LogP contribution in [0, 0.1) is 17.7 Å². The number of hydrogen-bond acceptors (Lipinski definition) is 3. The minimum absolute atomic E-state index is 0.0742. The van der Waals surface area contributed by atoms with Crippen molar-refractivity contribution in [3.05, 3.63) is 24.0 Å². The van der Waals surface area contributed by atoms with Crippen LogP contribution in [0.4, 0.5) is 10.1 Å². The van der Waals surface area contributed by atoms with Crippen molar-refractivity contribution >= 4 is 17.6 Å². The Morgan fingerprint density at radius 3 is 2.48 bits per heavy atom. The Balaban J connectivity index is 1.59. The van der Waals surface area contributed by atoms with Crippen molar-refractivity contribution in [3.8, 4) is 5.75 Å². The number of benzene rings is 1. The van der Waals surface area contributed by atoms with Gasteiger partial charge >= 0.3 is 5.97 Å². The zero-order chi connectivity index (χ0) is 17.8. The number of carboxylic acids is 1. The standard InChI is InChI=1S/C19H24FNO4/c20-16-11-14(8-9-17(16)25-15-6-1-2-7-15)21-18(22)12-4-3-5-13(10-12)19(23)24/h8-9,11-13,15H,1-7,10H2,(H,21,22)(H,23,24). The van der Waals surface area contributed by atoms with Crippen molar-refractivity contribution in [3.63, 3.8) is 0 Å². The third-order valence-electron chi connectivity index (χ3n) is 5.19. The van der Waals surface area contributed by atoms with Gasteiger partial charge in [-0.15, -0.1) is 0 Å². The van der Waals surface area contributed by atoms with E-state index in [1.54, 1.807) is 12.1 Å². The van der Waals surface area contributed by atoms with Crippen LogP contribution in [0.15, 0.2) is 18.2 Å². The van der Waals surface area contributed by atoms with Crippen molar-refractivity contribution in [2.24, 2.45) is 11.8 Å². The van der Waals surface area contributed by atoms with Crippen LogP contribution >= 0.6 is 0 Å². The third kappa shape index (κ3) is 4.50. The average molecular weight is 349 g/mol. The molecule has 0 bridgehead atoms. The fourth-order valence-electron chi connectivity index (χ4n) is 3.76. The normalized spacial score (nSPS) is 24.0. The fourth-order valence-corrected chi connectivity index (χ4v) is 3.76. The number of hydrogen-bond donors (Lipinski definition) is 2. The Morgan fingerprint density at radius 1 is 1.08 bits per heavy atom. The minimum Gasteiger partial charge on any atom is -0.487 e. The highest BCUT2D eigenvalue weighted by molar-refractivity contribution is 5.93. The maximum atomic E-state index is 14.2. The number of carboxylic acid groups (broad SMARTS) is 1. The zero-order valence-electron chi connectivity index (χ0n) is 14.2. The molecule has 1 amide bonds. The Bertz CT molecular complexity index is 642. The van der Waals surface area contributed by atoms with Crippen LogP contribution in [-0.4, -0.2) is 23.1 Å². The van der Waals surface area contributed by atoms with Gasteiger partial charge in [0.1, 0.15) is 0 Å². The van der Waals surface area contributed by atoms with Gasteiger partial charge in [0.25, 0.3) is 0 Å². The molecular formula is C19H24FNO4. The van der Waals surface area contributed by atoms with Gasteiger partial charge in [0.05, 0.1) is 12.0 Å². The molecule has 1 aromatic rings. The third-order valence-corrected chi connectivity index (χ3v) is 5.19. The number of nitrogens with one attached hydrogen (secondary N) is 1. The molecule has 0 spiro atoms. The highest BCUT2D eigenvalue weighted by Gasteiger charge is 2.31. The maximum absolute atomic E-state index is 14.2. The number of ether oxygens (including phenoxy) is 1. The van der Waals surface area contributed by atoms with E-state index < -0.39 is 17.7 Å². The van der Waals surface area contributed by atoms with Crippen LogP contribution < -0.4 is 10.1 Å². The van der Waals surface area contributed by atoms with E-state index >= 15 is 0 Å². The number of halogens is 1. The SMILES string of the molecule is O=C(O)C1CCCC(C(=O)Nc2ccc(OC3CCCC3)c(F)c2)C1. The number of rotatable bonds is 5. The molecule has 136 valence electrons. The molecule has 25 heavy (non-hydrogen) atoms. The van der Waals surface area contributed by atoms with E-state index in [0.29, 0.717) is 24.9 Å². The van der Waals surface area contributed by atoms with Crippen molar-refractivity contribution in [1.29, 1.82) is 0 Å². The molecule has 0 aromatic heterocycles. The highest BCUT2D eigenvalue weighted by Crippen LogP contribution is 2.31. The van der Waals surface area contributed by atoms with Crippen molar-refractivity contribution < 1.29 is 23.8 Å². The van der Waals surface area contributed by atoms with Gasteiger partial charge in [-0.05, 0) is 57.1 Å². The number of aliphatic carboxylic acids is 1. The van der Waals surface area contributed by atoms with Crippen LogP contribution in [-0.2, 0) is 9.59 Å². The van der Waals surface area contributed by atoms with E-state index in [-0.39, 0.29) is 23.7 Å². The summed E-state index contributed by atoms with van der Waals surface area (Å²) >= 11 is 0. The van der Waals surface area contributed by atoms with Crippen LogP contribution in [0.1, 0.15) is 51.4 Å². The lowest BCUT2D eigenvalue weighted by Gasteiger charge is -2.25. The number of anilines is 1. The average Bonchev–Trinajstić information content (AvgIpc) is 3.10. The minimum atomic E-state index is -0.850. The molecule has 1 aromatic carbocycles. The number of carbonyl (C=O) groups is 2. The second kappa shape index (κ2) is 7.85. The maximum Gasteiger partial charge on any atom is 0.306 e. The fraction of sp³-hybridized carbons (Fsp3) is 0.579. The van der Waals surface area contributed by atoms with Gasteiger partial charge in [-0.2, -0.15) is 0 Å². The van der Waals surface area contributed by atoms with E-state index in [9.17, 15) is 14.0 Å². The van der Waals surface area contributed by atoms with Crippen LogP contribution in [0.3, 0.4) is 0 Å². The molecule has 5 nitrogen and oxygen atoms in total. The van der Waals surface area contributed by atoms with Gasteiger partial charge in [0, 0.05) is 17.7 Å². The Kier molecular flexibility index (Phi) is 5.56. The summed E-state index contributed by atoms with van der Waals surface area (Å²) in [5.41, 5.74) is 0.374. The quantitative estimate of drug-likeness (QED) is 0.843. The Hall–Kier alpha value is -2.11. The molecule has 2 atom stereocenters. The second-order valence-electron chi connectivity index (χ2n) is 7.06. The van der Waals surface area contributed by atoms with Crippen LogP contribution in [0.25, 0.3) is 0 Å². The predicted octanol–water partition coefficient (Wildman–Crippen LogP) is 3.98. The smallest absolute Gasteiger partial charge is 0.306 e. The molecule has 0 aliphatic heterocycles. The molecule has 0 heterocycles. The monoisotopic (exact) mass is 349 g/mol. The highest BCUT2D eigenvalue weighted by atomic mass is 19.1. The van der Waals surface area contributed by atoms with E-state index in [2.05, 4.69) is 5.32 Å². The van der Waals surface area contributed by atoms with Crippen molar-refractivity contribution in [2.45, 2.75) is 57.5 Å². The molecular weight excluding hydrogens is 325 g/mol. The molecule has 3 rings (SSSR count). The molecule has 2 N–H and O–H groups in total. The summed E-state index contributed by atoms with van der Waals surface area (Å²) in [4.78, 5) is 23.5. The first kappa shape index (κ1) is 17.7. The largest absolute Gasteiger partial charge is 0.487 e. The van der Waals surface area contributed by atoms with E-state index in [4.69, 9.17) is 9.84 Å². The molecule has 2 unspecified atom stereocenters. The molecule has 2 aliphatic carbocycles. The second-order valence-corrected chi connectivity index (χ2v) is 7.06. The Morgan fingerprint density at radius 2 is 1.80 bits per heavy atom. The van der Waals surface area contributed by atoms with Crippen LogP contribution in [0.5, 0.6) is 5.75 Å². The van der Waals surface area contributed by atoms with Gasteiger partial charge in [-0.25, -0.2) is 4.39 Å². The lowest BCUT2D eigenvalue weighted by Crippen LogP contribution is -2.30. The molecule has 0 saturated heterocycles. The predicted molar refractivity (Wildman–Crippen MR) is 91.0 cm³/mol. The van der Waals surface area contributed by atoms with E-state index in [1.807, 2.05) is 0 Å². The summed E-state index contributed by atoms with van der Waals surface area (Å²) in [5, 5.41) is 11.8. The van der Waals surface area contributed by atoms with E-state index in [1.165, 1.54) is 6.07 Å². The first-order valence-electron chi connectivity index (χ1n) is 9.03. The number of amides is 1. The summed E-state index contributed by atoms with van der Waals surface area (Å²) in [5.74, 6) is -2.17. The number of carbonyl (C=O) groups excluding carboxylic acids is 1. The van der Waals surface area contributed by atoms with Gasteiger partial charge in [-0.3, -0.25) is 9.59 Å². The summed E-state index contributed by atoms with van der Waals surface area (Å²) in [6.45, 7) is 0. The molecule has 2 fully saturated rings. The summed E-state index contributed by atoms with van der Waals surface area (Å²) in [6, 6.07) is 4.44. The summed E-state index contributed by atoms with van der Waals surface area (Å²) < 4.78 is 19.9. The van der Waals surface area contributed by atoms with Gasteiger partial charge < -0.3 is 15.2 Å². The lowest BCUT2D eigenvalue weighted by molar-refractivity contribution is -0.143. The summed E-state index contributed by atoms with van der Waals surface area (Å²) in [6.07, 6.45) is 6.53.